The topological polar surface area (TPSA) is 67.3 Å². The number of anilines is 1. The number of nitrogens with two attached hydrogens (primary N) is 1. The summed E-state index contributed by atoms with van der Waals surface area (Å²) in [4.78, 5) is 2.23. The average molecular weight is 226 g/mol. The van der Waals surface area contributed by atoms with Crippen LogP contribution in [-0.2, 0) is 6.54 Å². The van der Waals surface area contributed by atoms with Crippen molar-refractivity contribution in [1.29, 1.82) is 0 Å². The molecule has 0 saturated carbocycles. The van der Waals surface area contributed by atoms with Gasteiger partial charge in [0.25, 0.3) is 0 Å². The smallest absolute Gasteiger partial charge is 0.0862 e. The van der Waals surface area contributed by atoms with Crippen LogP contribution in [-0.4, -0.2) is 45.5 Å². The first-order valence-electron chi connectivity index (χ1n) is 5.84. The van der Waals surface area contributed by atoms with Crippen molar-refractivity contribution in [3.63, 3.8) is 0 Å². The maximum Gasteiger partial charge on any atom is 0.0862 e. The first-order chi connectivity index (χ1) is 7.65. The fourth-order valence-corrected chi connectivity index (χ4v) is 1.75. The number of aromatic nitrogens is 2. The van der Waals surface area contributed by atoms with Gasteiger partial charge in [0, 0.05) is 12.7 Å². The summed E-state index contributed by atoms with van der Waals surface area (Å²) in [5.74, 6) is 0. The number of nitrogen functional groups attached to an aromatic ring is 1. The predicted molar refractivity (Wildman–Crippen MR) is 65.1 cm³/mol. The van der Waals surface area contributed by atoms with Crippen LogP contribution in [0.5, 0.6) is 0 Å². The molecule has 0 bridgehead atoms. The van der Waals surface area contributed by atoms with Crippen LogP contribution in [0.2, 0.25) is 0 Å². The summed E-state index contributed by atoms with van der Waals surface area (Å²) >= 11 is 0. The third kappa shape index (κ3) is 4.20. The van der Waals surface area contributed by atoms with Gasteiger partial charge in [0.15, 0.2) is 0 Å². The molecule has 92 valence electrons. The second-order valence-corrected chi connectivity index (χ2v) is 4.04. The van der Waals surface area contributed by atoms with Crippen molar-refractivity contribution in [1.82, 2.24) is 14.7 Å². The Kier molecular flexibility index (Phi) is 5.28. The summed E-state index contributed by atoms with van der Waals surface area (Å²) in [6.45, 7) is 7.42. The summed E-state index contributed by atoms with van der Waals surface area (Å²) in [6.07, 6.45) is 4.04. The van der Waals surface area contributed by atoms with E-state index in [1.54, 1.807) is 17.1 Å². The van der Waals surface area contributed by atoms with E-state index in [1.165, 1.54) is 0 Å². The van der Waals surface area contributed by atoms with E-state index in [-0.39, 0.29) is 0 Å². The number of hydrogen-bond acceptors (Lipinski definition) is 4. The molecule has 1 rings (SSSR count). The van der Waals surface area contributed by atoms with Crippen molar-refractivity contribution in [2.75, 3.05) is 25.4 Å². The van der Waals surface area contributed by atoms with Crippen molar-refractivity contribution in [3.8, 4) is 0 Å². The lowest BCUT2D eigenvalue weighted by Crippen LogP contribution is -2.35. The fourth-order valence-electron chi connectivity index (χ4n) is 1.75. The molecule has 1 unspecified atom stereocenters. The molecule has 0 aliphatic heterocycles. The monoisotopic (exact) mass is 226 g/mol. The third-order valence-electron chi connectivity index (χ3n) is 2.51. The molecule has 5 nitrogen and oxygen atoms in total. The van der Waals surface area contributed by atoms with Crippen LogP contribution in [0.1, 0.15) is 20.3 Å². The van der Waals surface area contributed by atoms with Gasteiger partial charge in [-0.2, -0.15) is 5.10 Å². The van der Waals surface area contributed by atoms with E-state index in [4.69, 9.17) is 5.73 Å². The highest BCUT2D eigenvalue weighted by molar-refractivity contribution is 5.30. The van der Waals surface area contributed by atoms with Crippen molar-refractivity contribution < 1.29 is 5.11 Å². The van der Waals surface area contributed by atoms with E-state index in [0.29, 0.717) is 18.8 Å². The lowest BCUT2D eigenvalue weighted by atomic mass is 10.3. The molecule has 0 aliphatic rings. The molecule has 0 amide bonds. The first-order valence-corrected chi connectivity index (χ1v) is 5.84. The van der Waals surface area contributed by atoms with Gasteiger partial charge >= 0.3 is 0 Å². The zero-order valence-electron chi connectivity index (χ0n) is 10.1. The Morgan fingerprint density at radius 2 is 2.31 bits per heavy atom. The highest BCUT2D eigenvalue weighted by Crippen LogP contribution is 2.01. The molecule has 0 fully saturated rings. The summed E-state index contributed by atoms with van der Waals surface area (Å²) in [5.41, 5.74) is 6.19. The number of likely N-dealkylation sites (N-methyl/N-ethyl adjacent to an activating group) is 1. The molecule has 1 heterocycles. The largest absolute Gasteiger partial charge is 0.396 e. The third-order valence-corrected chi connectivity index (χ3v) is 2.51. The van der Waals surface area contributed by atoms with E-state index >= 15 is 0 Å². The Morgan fingerprint density at radius 1 is 1.56 bits per heavy atom. The van der Waals surface area contributed by atoms with E-state index < -0.39 is 6.10 Å². The van der Waals surface area contributed by atoms with Gasteiger partial charge < -0.3 is 15.7 Å². The standard InChI is InChI=1S/C11H22N4O/c1-3-5-14(4-2)8-11(16)9-15-7-10(12)6-13-15/h6-7,11,16H,3-5,8-9,12H2,1-2H3. The minimum atomic E-state index is -0.397. The zero-order valence-corrected chi connectivity index (χ0v) is 10.1. The lowest BCUT2D eigenvalue weighted by molar-refractivity contribution is 0.0973. The molecule has 0 aromatic carbocycles. The first kappa shape index (κ1) is 13.0. The average Bonchev–Trinajstić information content (AvgIpc) is 2.63. The summed E-state index contributed by atoms with van der Waals surface area (Å²) in [6, 6.07) is 0. The zero-order chi connectivity index (χ0) is 12.0. The maximum absolute atomic E-state index is 9.90. The lowest BCUT2D eigenvalue weighted by Gasteiger charge is -2.22. The molecule has 16 heavy (non-hydrogen) atoms. The molecular weight excluding hydrogens is 204 g/mol. The van der Waals surface area contributed by atoms with Crippen molar-refractivity contribution >= 4 is 5.69 Å². The number of aliphatic hydroxyl groups excluding tert-OH is 1. The van der Waals surface area contributed by atoms with E-state index in [1.807, 2.05) is 0 Å². The highest BCUT2D eigenvalue weighted by atomic mass is 16.3. The van der Waals surface area contributed by atoms with E-state index in [2.05, 4.69) is 23.8 Å². The van der Waals surface area contributed by atoms with Gasteiger partial charge in [-0.1, -0.05) is 13.8 Å². The van der Waals surface area contributed by atoms with Crippen molar-refractivity contribution in [3.05, 3.63) is 12.4 Å². The van der Waals surface area contributed by atoms with Gasteiger partial charge in [-0.05, 0) is 19.5 Å². The highest BCUT2D eigenvalue weighted by Gasteiger charge is 2.10. The predicted octanol–water partition coefficient (Wildman–Crippen LogP) is 0.558. The minimum absolute atomic E-state index is 0.397. The molecule has 5 heteroatoms. The molecule has 1 atom stereocenters. The van der Waals surface area contributed by atoms with Gasteiger partial charge in [0.2, 0.25) is 0 Å². The van der Waals surface area contributed by atoms with Gasteiger partial charge in [0.05, 0.1) is 24.5 Å². The normalized spacial score (nSPS) is 13.2. The van der Waals surface area contributed by atoms with E-state index in [9.17, 15) is 5.11 Å². The molecule has 1 aromatic rings. The molecule has 0 saturated heterocycles. The van der Waals surface area contributed by atoms with Gasteiger partial charge in [-0.3, -0.25) is 4.68 Å². The van der Waals surface area contributed by atoms with Crippen LogP contribution in [0.3, 0.4) is 0 Å². The van der Waals surface area contributed by atoms with Crippen LogP contribution < -0.4 is 5.73 Å². The van der Waals surface area contributed by atoms with Crippen LogP contribution in [0.25, 0.3) is 0 Å². The number of aliphatic hydroxyl groups is 1. The Hall–Kier alpha value is -1.07. The quantitative estimate of drug-likeness (QED) is 0.713. The Morgan fingerprint density at radius 3 is 2.81 bits per heavy atom. The van der Waals surface area contributed by atoms with Gasteiger partial charge in [-0.15, -0.1) is 0 Å². The van der Waals surface area contributed by atoms with Gasteiger partial charge in [-0.25, -0.2) is 0 Å². The molecule has 0 spiro atoms. The summed E-state index contributed by atoms with van der Waals surface area (Å²) in [5, 5.41) is 13.9. The fraction of sp³-hybridized carbons (Fsp3) is 0.727. The number of rotatable bonds is 7. The number of nitrogens with zero attached hydrogens (tertiary/aromatic N) is 3. The van der Waals surface area contributed by atoms with Crippen LogP contribution >= 0.6 is 0 Å². The second-order valence-electron chi connectivity index (χ2n) is 4.04. The Labute approximate surface area is 96.9 Å². The number of hydrogen-bond donors (Lipinski definition) is 2. The SMILES string of the molecule is CCCN(CC)CC(O)Cn1cc(N)cn1. The van der Waals surface area contributed by atoms with E-state index in [0.717, 1.165) is 19.5 Å². The molecular formula is C11H22N4O. The Balaban J connectivity index is 2.37. The Bertz CT molecular complexity index is 300. The van der Waals surface area contributed by atoms with Crippen LogP contribution in [0.4, 0.5) is 5.69 Å². The van der Waals surface area contributed by atoms with Gasteiger partial charge in [0.1, 0.15) is 0 Å². The van der Waals surface area contributed by atoms with Crippen LogP contribution in [0, 0.1) is 0 Å². The second kappa shape index (κ2) is 6.50. The molecule has 0 radical (unpaired) electrons. The molecule has 0 aliphatic carbocycles. The van der Waals surface area contributed by atoms with Crippen molar-refractivity contribution in [2.24, 2.45) is 0 Å². The molecule has 1 aromatic heterocycles. The minimum Gasteiger partial charge on any atom is -0.396 e. The maximum atomic E-state index is 9.90. The van der Waals surface area contributed by atoms with Crippen molar-refractivity contribution in [2.45, 2.75) is 32.9 Å². The van der Waals surface area contributed by atoms with Crippen LogP contribution in [0.15, 0.2) is 12.4 Å². The molecule has 3 N–H and O–H groups in total. The summed E-state index contributed by atoms with van der Waals surface area (Å²) < 4.78 is 1.68. The summed E-state index contributed by atoms with van der Waals surface area (Å²) in [7, 11) is 0.